The molecule has 0 atom stereocenters. The first-order valence-corrected chi connectivity index (χ1v) is 11.5. The Labute approximate surface area is 192 Å². The van der Waals surface area contributed by atoms with Gasteiger partial charge in [0.15, 0.2) is 0 Å². The molecular weight excluding hydrogens is 506 g/mol. The van der Waals surface area contributed by atoms with Crippen LogP contribution in [0.2, 0.25) is 5.02 Å². The second-order valence-electron chi connectivity index (χ2n) is 6.45. The Hall–Kier alpha value is -2.90. The average molecular weight is 521 g/mol. The highest BCUT2D eigenvalue weighted by molar-refractivity contribution is 9.10. The third-order valence-electron chi connectivity index (χ3n) is 4.06. The van der Waals surface area contributed by atoms with Crippen molar-refractivity contribution >= 4 is 49.1 Å². The van der Waals surface area contributed by atoms with Crippen LogP contribution in [-0.4, -0.2) is 14.3 Å². The molecule has 0 radical (unpaired) electrons. The number of benzene rings is 3. The van der Waals surface area contributed by atoms with Crippen molar-refractivity contribution in [1.82, 2.24) is 0 Å². The van der Waals surface area contributed by atoms with Gasteiger partial charge in [0.05, 0.1) is 27.4 Å². The summed E-state index contributed by atoms with van der Waals surface area (Å²) in [5.41, 5.74) is 1.55. The van der Waals surface area contributed by atoms with E-state index in [9.17, 15) is 13.2 Å². The monoisotopic (exact) mass is 519 g/mol. The molecule has 0 spiro atoms. The molecule has 0 bridgehead atoms. The van der Waals surface area contributed by atoms with Gasteiger partial charge in [-0.2, -0.15) is 5.26 Å². The summed E-state index contributed by atoms with van der Waals surface area (Å²) < 4.78 is 29.0. The van der Waals surface area contributed by atoms with Crippen LogP contribution in [0.1, 0.15) is 11.1 Å². The summed E-state index contributed by atoms with van der Waals surface area (Å²) >= 11 is 9.41. The molecule has 1 amide bonds. The predicted octanol–water partition coefficient (Wildman–Crippen LogP) is 4.60. The number of amides is 1. The van der Waals surface area contributed by atoms with Crippen LogP contribution in [0.4, 0.5) is 5.69 Å². The number of nitrogens with two attached hydrogens (primary N) is 1. The van der Waals surface area contributed by atoms with Crippen LogP contribution in [0.5, 0.6) is 11.5 Å². The molecule has 0 aromatic heterocycles. The molecule has 10 heteroatoms. The molecule has 3 aromatic rings. The van der Waals surface area contributed by atoms with Crippen LogP contribution in [0.15, 0.2) is 70.0 Å². The maximum atomic E-state index is 12.3. The lowest BCUT2D eigenvalue weighted by Gasteiger charge is -2.11. The van der Waals surface area contributed by atoms with Crippen molar-refractivity contribution in [3.8, 4) is 17.6 Å². The highest BCUT2D eigenvalue weighted by atomic mass is 79.9. The zero-order valence-electron chi connectivity index (χ0n) is 15.8. The Morgan fingerprint density at radius 2 is 1.84 bits per heavy atom. The minimum atomic E-state index is -3.79. The number of hydrogen-bond donors (Lipinski definition) is 2. The van der Waals surface area contributed by atoms with Gasteiger partial charge in [0, 0.05) is 10.7 Å². The van der Waals surface area contributed by atoms with Gasteiger partial charge in [-0.25, -0.2) is 13.6 Å². The third kappa shape index (κ3) is 6.29. The maximum absolute atomic E-state index is 12.3. The fourth-order valence-corrected chi connectivity index (χ4v) is 3.92. The van der Waals surface area contributed by atoms with E-state index in [1.165, 1.54) is 30.3 Å². The summed E-state index contributed by atoms with van der Waals surface area (Å²) in [6.07, 6.45) is 0.0889. The van der Waals surface area contributed by atoms with Gasteiger partial charge in [-0.15, -0.1) is 0 Å². The van der Waals surface area contributed by atoms with Crippen LogP contribution in [0, 0.1) is 11.3 Å². The molecule has 0 saturated heterocycles. The van der Waals surface area contributed by atoms with Gasteiger partial charge >= 0.3 is 0 Å². The van der Waals surface area contributed by atoms with Gasteiger partial charge in [-0.3, -0.25) is 4.79 Å². The van der Waals surface area contributed by atoms with Crippen molar-refractivity contribution in [2.75, 3.05) is 5.32 Å². The fraction of sp³-hybridized carbons (Fsp3) is 0.0476. The summed E-state index contributed by atoms with van der Waals surface area (Å²) in [4.78, 5) is 12.3. The lowest BCUT2D eigenvalue weighted by molar-refractivity contribution is -0.115. The normalized spacial score (nSPS) is 10.9. The zero-order valence-corrected chi connectivity index (χ0v) is 19.0. The second-order valence-corrected chi connectivity index (χ2v) is 9.30. The van der Waals surface area contributed by atoms with E-state index in [4.69, 9.17) is 26.7 Å². The SMILES string of the molecule is N#Cc1cc(Cl)cc(Oc2ccc(CC(=O)Nc3ccc(S(N)(=O)=O)cc3)cc2Br)c1. The molecule has 0 saturated carbocycles. The van der Waals surface area contributed by atoms with Gasteiger partial charge in [0.1, 0.15) is 11.5 Å². The molecule has 3 N–H and O–H groups in total. The van der Waals surface area contributed by atoms with Crippen molar-refractivity contribution in [2.45, 2.75) is 11.3 Å². The lowest BCUT2D eigenvalue weighted by atomic mass is 10.1. The number of nitrogens with zero attached hydrogens (tertiary/aromatic N) is 1. The number of ether oxygens (including phenoxy) is 1. The molecule has 0 fully saturated rings. The maximum Gasteiger partial charge on any atom is 0.238 e. The number of sulfonamides is 1. The predicted molar refractivity (Wildman–Crippen MR) is 121 cm³/mol. The minimum Gasteiger partial charge on any atom is -0.456 e. The van der Waals surface area contributed by atoms with E-state index in [0.29, 0.717) is 32.2 Å². The molecule has 0 aliphatic rings. The molecule has 3 aromatic carbocycles. The standard InChI is InChI=1S/C21H15BrClN3O4S/c22-19-9-13(1-6-20(19)30-17-8-14(12-24)7-15(23)11-17)10-21(27)26-16-2-4-18(5-3-16)31(25,28)29/h1-9,11H,10H2,(H,26,27)(H2,25,28,29). The molecule has 7 nitrogen and oxygen atoms in total. The number of hydrogen-bond acceptors (Lipinski definition) is 5. The van der Waals surface area contributed by atoms with E-state index in [1.54, 1.807) is 30.3 Å². The molecule has 31 heavy (non-hydrogen) atoms. The summed E-state index contributed by atoms with van der Waals surface area (Å²) in [5.74, 6) is 0.629. The van der Waals surface area contributed by atoms with Gasteiger partial charge < -0.3 is 10.1 Å². The van der Waals surface area contributed by atoms with Crippen molar-refractivity contribution in [3.63, 3.8) is 0 Å². The minimum absolute atomic E-state index is 0.0355. The Kier molecular flexibility index (Phi) is 6.97. The van der Waals surface area contributed by atoms with E-state index in [-0.39, 0.29) is 17.2 Å². The van der Waals surface area contributed by atoms with Crippen LogP contribution >= 0.6 is 27.5 Å². The summed E-state index contributed by atoms with van der Waals surface area (Å²) in [6, 6.07) is 17.5. The summed E-state index contributed by atoms with van der Waals surface area (Å²) in [7, 11) is -3.79. The summed E-state index contributed by atoms with van der Waals surface area (Å²) in [6.45, 7) is 0. The number of rotatable bonds is 6. The third-order valence-corrected chi connectivity index (χ3v) is 5.82. The van der Waals surface area contributed by atoms with E-state index >= 15 is 0 Å². The smallest absolute Gasteiger partial charge is 0.238 e. The molecule has 0 unspecified atom stereocenters. The molecule has 0 heterocycles. The quantitative estimate of drug-likeness (QED) is 0.492. The largest absolute Gasteiger partial charge is 0.456 e. The average Bonchev–Trinajstić information content (AvgIpc) is 2.69. The first-order valence-electron chi connectivity index (χ1n) is 8.74. The van der Waals surface area contributed by atoms with E-state index in [1.807, 2.05) is 6.07 Å². The van der Waals surface area contributed by atoms with Crippen molar-refractivity contribution in [1.29, 1.82) is 5.26 Å². The van der Waals surface area contributed by atoms with Gasteiger partial charge in [-0.05, 0) is 76.1 Å². The number of anilines is 1. The number of nitriles is 1. The highest BCUT2D eigenvalue weighted by Gasteiger charge is 2.11. The Morgan fingerprint density at radius 3 is 2.45 bits per heavy atom. The Morgan fingerprint density at radius 1 is 1.13 bits per heavy atom. The van der Waals surface area contributed by atoms with Crippen LogP contribution in [-0.2, 0) is 21.2 Å². The summed E-state index contributed by atoms with van der Waals surface area (Å²) in [5, 5.41) is 17.2. The van der Waals surface area contributed by atoms with Gasteiger partial charge in [0.2, 0.25) is 15.9 Å². The number of nitrogens with one attached hydrogen (secondary N) is 1. The fourth-order valence-electron chi connectivity index (χ4n) is 2.67. The van der Waals surface area contributed by atoms with Crippen molar-refractivity contribution in [2.24, 2.45) is 5.14 Å². The highest BCUT2D eigenvalue weighted by Crippen LogP contribution is 2.32. The van der Waals surface area contributed by atoms with Crippen LogP contribution in [0.3, 0.4) is 0 Å². The van der Waals surface area contributed by atoms with E-state index < -0.39 is 10.0 Å². The first kappa shape index (κ1) is 22.8. The molecule has 0 aliphatic carbocycles. The van der Waals surface area contributed by atoms with E-state index in [0.717, 1.165) is 5.56 Å². The van der Waals surface area contributed by atoms with Crippen molar-refractivity contribution in [3.05, 3.63) is 81.3 Å². The number of halogens is 2. The van der Waals surface area contributed by atoms with Crippen LogP contribution in [0.25, 0.3) is 0 Å². The first-order chi connectivity index (χ1) is 14.6. The molecule has 0 aliphatic heterocycles. The number of carbonyl (C=O) groups excluding carboxylic acids is 1. The lowest BCUT2D eigenvalue weighted by Crippen LogP contribution is -2.15. The zero-order chi connectivity index (χ0) is 22.6. The van der Waals surface area contributed by atoms with Gasteiger partial charge in [0.25, 0.3) is 0 Å². The topological polar surface area (TPSA) is 122 Å². The molecule has 3 rings (SSSR count). The Balaban J connectivity index is 1.67. The van der Waals surface area contributed by atoms with Gasteiger partial charge in [-0.1, -0.05) is 17.7 Å². The Bertz CT molecular complexity index is 1290. The molecule has 158 valence electrons. The van der Waals surface area contributed by atoms with Crippen LogP contribution < -0.4 is 15.2 Å². The second kappa shape index (κ2) is 9.49. The van der Waals surface area contributed by atoms with Crippen molar-refractivity contribution < 1.29 is 17.9 Å². The number of primary sulfonamides is 1. The number of carbonyl (C=O) groups is 1. The molecular formula is C21H15BrClN3O4S. The van der Waals surface area contributed by atoms with E-state index in [2.05, 4.69) is 21.2 Å².